The van der Waals surface area contributed by atoms with Crippen molar-refractivity contribution in [2.75, 3.05) is 53.4 Å². The van der Waals surface area contributed by atoms with Crippen molar-refractivity contribution < 1.29 is 13.5 Å². The lowest BCUT2D eigenvalue weighted by Gasteiger charge is -2.35. The number of nitrogens with zero attached hydrogens (tertiary/aromatic N) is 5. The van der Waals surface area contributed by atoms with Gasteiger partial charge in [-0.25, -0.2) is 0 Å². The standard InChI is InChI=1S/C20H35N5O4S/c1-21(2)30(28,29)25-12-10-24(11-13-25)16-18-20(27)19(26)14-17(22(18)3)15-23-8-6-4-5-7-9-23/h14,27H,4-13,15-16H2,1-3H3. The van der Waals surface area contributed by atoms with E-state index in [1.807, 2.05) is 11.6 Å². The fourth-order valence-electron chi connectivity index (χ4n) is 4.21. The van der Waals surface area contributed by atoms with Gasteiger partial charge in [0, 0.05) is 72.2 Å². The number of piperazine rings is 1. The van der Waals surface area contributed by atoms with Gasteiger partial charge in [-0.2, -0.15) is 17.0 Å². The van der Waals surface area contributed by atoms with Crippen molar-refractivity contribution in [2.24, 2.45) is 7.05 Å². The van der Waals surface area contributed by atoms with Crippen LogP contribution in [0.5, 0.6) is 5.75 Å². The quantitative estimate of drug-likeness (QED) is 0.687. The van der Waals surface area contributed by atoms with Crippen LogP contribution in [0.4, 0.5) is 0 Å². The Hall–Kier alpha value is -1.46. The van der Waals surface area contributed by atoms with Crippen LogP contribution in [0.25, 0.3) is 0 Å². The first-order valence-corrected chi connectivity index (χ1v) is 12.1. The molecule has 9 nitrogen and oxygen atoms in total. The molecule has 170 valence electrons. The lowest BCUT2D eigenvalue weighted by atomic mass is 10.2. The van der Waals surface area contributed by atoms with E-state index in [1.165, 1.54) is 48.4 Å². The maximum atomic E-state index is 12.4. The van der Waals surface area contributed by atoms with Crippen molar-refractivity contribution >= 4 is 10.2 Å². The second kappa shape index (κ2) is 9.78. The van der Waals surface area contributed by atoms with Crippen molar-refractivity contribution in [3.63, 3.8) is 0 Å². The summed E-state index contributed by atoms with van der Waals surface area (Å²) in [5, 5.41) is 10.5. The minimum Gasteiger partial charge on any atom is -0.503 e. The molecule has 1 N–H and O–H groups in total. The van der Waals surface area contributed by atoms with Gasteiger partial charge in [0.05, 0.1) is 5.69 Å². The van der Waals surface area contributed by atoms with Crippen molar-refractivity contribution in [3.05, 3.63) is 27.7 Å². The molecule has 2 aliphatic heterocycles. The van der Waals surface area contributed by atoms with Gasteiger partial charge >= 0.3 is 0 Å². The molecule has 1 aromatic heterocycles. The molecular weight excluding hydrogens is 406 g/mol. The van der Waals surface area contributed by atoms with Crippen LogP contribution in [0, 0.1) is 0 Å². The van der Waals surface area contributed by atoms with Gasteiger partial charge < -0.3 is 9.67 Å². The van der Waals surface area contributed by atoms with Gasteiger partial charge in [0.15, 0.2) is 5.75 Å². The first-order chi connectivity index (χ1) is 14.2. The van der Waals surface area contributed by atoms with E-state index >= 15 is 0 Å². The molecule has 0 radical (unpaired) electrons. The Kier molecular flexibility index (Phi) is 7.56. The van der Waals surface area contributed by atoms with Gasteiger partial charge in [-0.3, -0.25) is 14.6 Å². The topological polar surface area (TPSA) is 89.3 Å². The third-order valence-corrected chi connectivity index (χ3v) is 8.16. The summed E-state index contributed by atoms with van der Waals surface area (Å²) in [6, 6.07) is 1.55. The van der Waals surface area contributed by atoms with E-state index in [0.29, 0.717) is 45.0 Å². The molecular formula is C20H35N5O4S. The molecule has 30 heavy (non-hydrogen) atoms. The summed E-state index contributed by atoms with van der Waals surface area (Å²) in [6.45, 7) is 5.08. The summed E-state index contributed by atoms with van der Waals surface area (Å²) in [7, 11) is 1.55. The normalized spacial score (nSPS) is 20.5. The SMILES string of the molecule is CN(C)S(=O)(=O)N1CCN(Cc2c(O)c(=O)cc(CN3CCCCCC3)n2C)CC1. The van der Waals surface area contributed by atoms with Crippen LogP contribution >= 0.6 is 0 Å². The van der Waals surface area contributed by atoms with E-state index in [-0.39, 0.29) is 11.2 Å². The van der Waals surface area contributed by atoms with E-state index in [1.54, 1.807) is 6.07 Å². The molecule has 0 atom stereocenters. The summed E-state index contributed by atoms with van der Waals surface area (Å²) < 4.78 is 29.2. The first-order valence-electron chi connectivity index (χ1n) is 10.7. The van der Waals surface area contributed by atoms with Gasteiger partial charge in [0.25, 0.3) is 10.2 Å². The van der Waals surface area contributed by atoms with Crippen LogP contribution in [-0.2, 0) is 30.3 Å². The maximum absolute atomic E-state index is 12.4. The first kappa shape index (κ1) is 23.2. The Labute approximate surface area is 179 Å². The number of aromatic nitrogens is 1. The summed E-state index contributed by atoms with van der Waals surface area (Å²) in [6.07, 6.45) is 4.87. The van der Waals surface area contributed by atoms with E-state index in [2.05, 4.69) is 9.80 Å². The van der Waals surface area contributed by atoms with Gasteiger partial charge in [-0.1, -0.05) is 12.8 Å². The van der Waals surface area contributed by atoms with Gasteiger partial charge in [-0.05, 0) is 25.9 Å². The van der Waals surface area contributed by atoms with E-state index < -0.39 is 10.2 Å². The Balaban J connectivity index is 1.72. The molecule has 3 heterocycles. The largest absolute Gasteiger partial charge is 0.503 e. The molecule has 3 rings (SSSR count). The molecule has 0 bridgehead atoms. The van der Waals surface area contributed by atoms with Crippen LogP contribution < -0.4 is 5.43 Å². The number of hydrogen-bond acceptors (Lipinski definition) is 6. The zero-order valence-corrected chi connectivity index (χ0v) is 19.2. The summed E-state index contributed by atoms with van der Waals surface area (Å²) >= 11 is 0. The molecule has 2 fully saturated rings. The van der Waals surface area contributed by atoms with Crippen LogP contribution in [-0.4, -0.2) is 89.9 Å². The number of hydrogen-bond donors (Lipinski definition) is 1. The van der Waals surface area contributed by atoms with Crippen molar-refractivity contribution in [1.29, 1.82) is 0 Å². The van der Waals surface area contributed by atoms with Crippen LogP contribution in [0.2, 0.25) is 0 Å². The highest BCUT2D eigenvalue weighted by Crippen LogP contribution is 2.20. The second-order valence-corrected chi connectivity index (χ2v) is 10.7. The Morgan fingerprint density at radius 1 is 0.933 bits per heavy atom. The van der Waals surface area contributed by atoms with E-state index in [9.17, 15) is 18.3 Å². The highest BCUT2D eigenvalue weighted by Gasteiger charge is 2.29. The van der Waals surface area contributed by atoms with E-state index in [0.717, 1.165) is 18.8 Å². The average Bonchev–Trinajstić information content (AvgIpc) is 2.98. The molecule has 0 saturated carbocycles. The fraction of sp³-hybridized carbons (Fsp3) is 0.750. The molecule has 0 aromatic carbocycles. The molecule has 0 aliphatic carbocycles. The number of likely N-dealkylation sites (tertiary alicyclic amines) is 1. The fourth-order valence-corrected chi connectivity index (χ4v) is 5.29. The van der Waals surface area contributed by atoms with Crippen LogP contribution in [0.3, 0.4) is 0 Å². The van der Waals surface area contributed by atoms with Crippen LogP contribution in [0.1, 0.15) is 37.1 Å². The average molecular weight is 442 g/mol. The van der Waals surface area contributed by atoms with Crippen molar-refractivity contribution in [3.8, 4) is 5.75 Å². The molecule has 2 aliphatic rings. The Morgan fingerprint density at radius 3 is 2.07 bits per heavy atom. The smallest absolute Gasteiger partial charge is 0.281 e. The summed E-state index contributed by atoms with van der Waals surface area (Å²) in [5.74, 6) is -0.208. The Morgan fingerprint density at radius 2 is 1.50 bits per heavy atom. The monoisotopic (exact) mass is 441 g/mol. The van der Waals surface area contributed by atoms with Gasteiger partial charge in [0.2, 0.25) is 5.43 Å². The molecule has 0 spiro atoms. The minimum absolute atomic E-state index is 0.208. The highest BCUT2D eigenvalue weighted by molar-refractivity contribution is 7.86. The predicted molar refractivity (Wildman–Crippen MR) is 117 cm³/mol. The third-order valence-electron chi connectivity index (χ3n) is 6.22. The number of pyridine rings is 1. The zero-order chi connectivity index (χ0) is 21.9. The minimum atomic E-state index is -3.42. The van der Waals surface area contributed by atoms with Crippen molar-refractivity contribution in [1.82, 2.24) is 23.0 Å². The lowest BCUT2D eigenvalue weighted by Crippen LogP contribution is -2.51. The maximum Gasteiger partial charge on any atom is 0.281 e. The van der Waals surface area contributed by atoms with Gasteiger partial charge in [0.1, 0.15) is 0 Å². The third kappa shape index (κ3) is 5.23. The second-order valence-electron chi connectivity index (χ2n) is 8.51. The Bertz CT molecular complexity index is 883. The van der Waals surface area contributed by atoms with E-state index in [4.69, 9.17) is 0 Å². The van der Waals surface area contributed by atoms with Crippen LogP contribution in [0.15, 0.2) is 10.9 Å². The summed E-state index contributed by atoms with van der Waals surface area (Å²) in [5.41, 5.74) is 1.15. The molecule has 0 amide bonds. The lowest BCUT2D eigenvalue weighted by molar-refractivity contribution is 0.171. The van der Waals surface area contributed by atoms with Gasteiger partial charge in [-0.15, -0.1) is 0 Å². The highest BCUT2D eigenvalue weighted by atomic mass is 32.2. The zero-order valence-electron chi connectivity index (χ0n) is 18.4. The van der Waals surface area contributed by atoms with Crippen molar-refractivity contribution in [2.45, 2.75) is 38.8 Å². The summed E-state index contributed by atoms with van der Waals surface area (Å²) in [4.78, 5) is 16.9. The molecule has 2 saturated heterocycles. The molecule has 10 heteroatoms. The molecule has 0 unspecified atom stereocenters. The predicted octanol–water partition coefficient (Wildman–Crippen LogP) is 0.391. The number of aromatic hydroxyl groups is 1. The number of rotatable bonds is 6. The molecule has 1 aromatic rings.